The molecule has 0 saturated carbocycles. The molecule has 1 fully saturated rings. The lowest BCUT2D eigenvalue weighted by molar-refractivity contribution is 0.116. The van der Waals surface area contributed by atoms with Crippen LogP contribution in [0, 0.1) is 0 Å². The Labute approximate surface area is 98.6 Å². The highest BCUT2D eigenvalue weighted by molar-refractivity contribution is 9.10. The Morgan fingerprint density at radius 1 is 1.67 bits per heavy atom. The number of pyridine rings is 1. The molecule has 0 radical (unpaired) electrons. The third-order valence-corrected chi connectivity index (χ3v) is 3.27. The zero-order chi connectivity index (χ0) is 10.7. The van der Waals surface area contributed by atoms with E-state index < -0.39 is 0 Å². The molecule has 15 heavy (non-hydrogen) atoms. The van der Waals surface area contributed by atoms with E-state index in [1.165, 1.54) is 18.5 Å². The maximum atomic E-state index is 5.61. The molecule has 3 nitrogen and oxygen atoms in total. The van der Waals surface area contributed by atoms with Crippen LogP contribution in [0.1, 0.15) is 12.8 Å². The molecule has 1 unspecified atom stereocenters. The number of hydrogen-bond acceptors (Lipinski definition) is 3. The Morgan fingerprint density at radius 2 is 2.53 bits per heavy atom. The van der Waals surface area contributed by atoms with Gasteiger partial charge in [-0.1, -0.05) is 0 Å². The molecule has 1 atom stereocenters. The van der Waals surface area contributed by atoms with Crippen molar-refractivity contribution in [1.29, 1.82) is 0 Å². The molecule has 1 saturated heterocycles. The maximum Gasteiger partial charge on any atom is 0.0750 e. The summed E-state index contributed by atoms with van der Waals surface area (Å²) in [5, 5.41) is 0. The van der Waals surface area contributed by atoms with Crippen LogP contribution in [0.5, 0.6) is 0 Å². The van der Waals surface area contributed by atoms with E-state index in [1.807, 2.05) is 18.5 Å². The highest BCUT2D eigenvalue weighted by atomic mass is 79.9. The molecular formula is C11H15BrN2O. The Kier molecular flexibility index (Phi) is 3.59. The smallest absolute Gasteiger partial charge is 0.0750 e. The number of ether oxygens (including phenoxy) is 1. The zero-order valence-electron chi connectivity index (χ0n) is 8.82. The van der Waals surface area contributed by atoms with Gasteiger partial charge in [0.05, 0.1) is 16.3 Å². The van der Waals surface area contributed by atoms with Crippen LogP contribution >= 0.6 is 15.9 Å². The predicted molar refractivity (Wildman–Crippen MR) is 64.2 cm³/mol. The predicted octanol–water partition coefficient (Wildman–Crippen LogP) is 2.46. The summed E-state index contributed by atoms with van der Waals surface area (Å²) in [6.07, 6.45) is 6.38. The van der Waals surface area contributed by atoms with Crippen molar-refractivity contribution in [1.82, 2.24) is 4.98 Å². The van der Waals surface area contributed by atoms with Crippen molar-refractivity contribution in [3.05, 3.63) is 22.9 Å². The summed E-state index contributed by atoms with van der Waals surface area (Å²) in [6.45, 7) is 1.86. The summed E-state index contributed by atoms with van der Waals surface area (Å²) >= 11 is 3.50. The standard InChI is InChI=1S/C11H15BrN2O/c1-14(8-9-3-2-6-15-9)11-4-5-13-7-10(11)12/h4-5,7,9H,2-3,6,8H2,1H3. The van der Waals surface area contributed by atoms with E-state index in [4.69, 9.17) is 4.74 Å². The summed E-state index contributed by atoms with van der Waals surface area (Å²) in [5.41, 5.74) is 1.17. The SMILES string of the molecule is CN(CC1CCCO1)c1ccncc1Br. The minimum Gasteiger partial charge on any atom is -0.376 e. The average Bonchev–Trinajstić information content (AvgIpc) is 2.71. The van der Waals surface area contributed by atoms with Gasteiger partial charge in [0.1, 0.15) is 0 Å². The lowest BCUT2D eigenvalue weighted by atomic mass is 10.2. The van der Waals surface area contributed by atoms with E-state index >= 15 is 0 Å². The van der Waals surface area contributed by atoms with E-state index in [1.54, 1.807) is 0 Å². The largest absolute Gasteiger partial charge is 0.376 e. The van der Waals surface area contributed by atoms with Crippen molar-refractivity contribution in [2.75, 3.05) is 25.1 Å². The van der Waals surface area contributed by atoms with Crippen LogP contribution in [0.2, 0.25) is 0 Å². The van der Waals surface area contributed by atoms with Crippen molar-refractivity contribution < 1.29 is 4.74 Å². The fourth-order valence-electron chi connectivity index (χ4n) is 1.87. The van der Waals surface area contributed by atoms with Gasteiger partial charge in [-0.2, -0.15) is 0 Å². The summed E-state index contributed by atoms with van der Waals surface area (Å²) in [6, 6.07) is 2.01. The van der Waals surface area contributed by atoms with Crippen LogP contribution in [-0.2, 0) is 4.74 Å². The Hall–Kier alpha value is -0.610. The van der Waals surface area contributed by atoms with Crippen LogP contribution in [-0.4, -0.2) is 31.3 Å². The molecule has 0 spiro atoms. The number of hydrogen-bond donors (Lipinski definition) is 0. The van der Waals surface area contributed by atoms with E-state index in [0.29, 0.717) is 6.10 Å². The quantitative estimate of drug-likeness (QED) is 0.844. The first kappa shape index (κ1) is 10.9. The van der Waals surface area contributed by atoms with E-state index in [-0.39, 0.29) is 0 Å². The molecular weight excluding hydrogens is 256 g/mol. The van der Waals surface area contributed by atoms with Gasteiger partial charge in [0.15, 0.2) is 0 Å². The minimum absolute atomic E-state index is 0.384. The first-order chi connectivity index (χ1) is 7.27. The van der Waals surface area contributed by atoms with Gasteiger partial charge in [-0.3, -0.25) is 4.98 Å². The van der Waals surface area contributed by atoms with Crippen LogP contribution in [0.3, 0.4) is 0 Å². The minimum atomic E-state index is 0.384. The lowest BCUT2D eigenvalue weighted by Crippen LogP contribution is -2.28. The average molecular weight is 271 g/mol. The number of likely N-dealkylation sites (N-methyl/N-ethyl adjacent to an activating group) is 1. The van der Waals surface area contributed by atoms with E-state index in [9.17, 15) is 0 Å². The highest BCUT2D eigenvalue weighted by Crippen LogP contribution is 2.25. The Bertz CT molecular complexity index is 326. The van der Waals surface area contributed by atoms with Gasteiger partial charge in [-0.05, 0) is 34.8 Å². The molecule has 2 rings (SSSR count). The third-order valence-electron chi connectivity index (χ3n) is 2.66. The number of halogens is 1. The van der Waals surface area contributed by atoms with Crippen molar-refractivity contribution >= 4 is 21.6 Å². The monoisotopic (exact) mass is 270 g/mol. The molecule has 1 aromatic rings. The lowest BCUT2D eigenvalue weighted by Gasteiger charge is -2.23. The number of nitrogens with zero attached hydrogens (tertiary/aromatic N) is 2. The molecule has 2 heterocycles. The number of rotatable bonds is 3. The third kappa shape index (κ3) is 2.69. The molecule has 0 bridgehead atoms. The Morgan fingerprint density at radius 3 is 3.20 bits per heavy atom. The molecule has 82 valence electrons. The highest BCUT2D eigenvalue weighted by Gasteiger charge is 2.18. The normalized spacial score (nSPS) is 20.5. The zero-order valence-corrected chi connectivity index (χ0v) is 10.4. The second-order valence-corrected chi connectivity index (χ2v) is 4.70. The van der Waals surface area contributed by atoms with Gasteiger partial charge in [-0.25, -0.2) is 0 Å². The van der Waals surface area contributed by atoms with Gasteiger partial charge in [0, 0.05) is 32.6 Å². The number of aromatic nitrogens is 1. The second-order valence-electron chi connectivity index (χ2n) is 3.84. The molecule has 1 aliphatic rings. The van der Waals surface area contributed by atoms with Crippen LogP contribution in [0.25, 0.3) is 0 Å². The first-order valence-corrected chi connectivity index (χ1v) is 5.99. The van der Waals surface area contributed by atoms with Crippen molar-refractivity contribution in [2.24, 2.45) is 0 Å². The van der Waals surface area contributed by atoms with Crippen molar-refractivity contribution in [3.63, 3.8) is 0 Å². The van der Waals surface area contributed by atoms with Crippen molar-refractivity contribution in [3.8, 4) is 0 Å². The fraction of sp³-hybridized carbons (Fsp3) is 0.545. The van der Waals surface area contributed by atoms with Crippen LogP contribution < -0.4 is 4.90 Å². The first-order valence-electron chi connectivity index (χ1n) is 5.19. The van der Waals surface area contributed by atoms with Gasteiger partial charge >= 0.3 is 0 Å². The molecule has 4 heteroatoms. The molecule has 0 aromatic carbocycles. The van der Waals surface area contributed by atoms with Crippen LogP contribution in [0.15, 0.2) is 22.9 Å². The summed E-state index contributed by atoms with van der Waals surface area (Å²) in [5.74, 6) is 0. The summed E-state index contributed by atoms with van der Waals surface area (Å²) in [7, 11) is 2.09. The van der Waals surface area contributed by atoms with Gasteiger partial charge < -0.3 is 9.64 Å². The molecule has 0 aliphatic carbocycles. The topological polar surface area (TPSA) is 25.4 Å². The maximum absolute atomic E-state index is 5.61. The molecule has 1 aromatic heterocycles. The molecule has 1 aliphatic heterocycles. The summed E-state index contributed by atoms with van der Waals surface area (Å²) in [4.78, 5) is 6.26. The van der Waals surface area contributed by atoms with Gasteiger partial charge in [0.25, 0.3) is 0 Å². The summed E-state index contributed by atoms with van der Waals surface area (Å²) < 4.78 is 6.65. The van der Waals surface area contributed by atoms with Crippen molar-refractivity contribution in [2.45, 2.75) is 18.9 Å². The van der Waals surface area contributed by atoms with Crippen LogP contribution in [0.4, 0.5) is 5.69 Å². The van der Waals surface area contributed by atoms with Gasteiger partial charge in [-0.15, -0.1) is 0 Å². The molecule has 0 amide bonds. The van der Waals surface area contributed by atoms with E-state index in [0.717, 1.165) is 17.6 Å². The second kappa shape index (κ2) is 4.94. The Balaban J connectivity index is 2.00. The van der Waals surface area contributed by atoms with Gasteiger partial charge in [0.2, 0.25) is 0 Å². The number of anilines is 1. The molecule has 0 N–H and O–H groups in total. The van der Waals surface area contributed by atoms with E-state index in [2.05, 4.69) is 32.9 Å². The fourth-order valence-corrected chi connectivity index (χ4v) is 2.42.